The predicted octanol–water partition coefficient (Wildman–Crippen LogP) is 2.56. The van der Waals surface area contributed by atoms with Gasteiger partial charge in [-0.25, -0.2) is 4.79 Å². The highest BCUT2D eigenvalue weighted by Crippen LogP contribution is 2.27. The second kappa shape index (κ2) is 9.44. The number of carbonyl (C=O) groups is 1. The minimum atomic E-state index is -0.250. The smallest absolute Gasteiger partial charge is 0.409 e. The summed E-state index contributed by atoms with van der Waals surface area (Å²) < 4.78 is 5.04. The Kier molecular flexibility index (Phi) is 6.67. The molecule has 1 aromatic rings. The minimum absolute atomic E-state index is 0.111. The fourth-order valence-electron chi connectivity index (χ4n) is 4.94. The molecule has 3 aliphatic rings. The van der Waals surface area contributed by atoms with E-state index in [1.54, 1.807) is 0 Å². The first kappa shape index (κ1) is 21.9. The summed E-state index contributed by atoms with van der Waals surface area (Å²) >= 11 is 6.07. The molecule has 3 heterocycles. The molecule has 0 aromatic heterocycles. The molecule has 2 atom stereocenters. The number of ether oxygens (including phenoxy) is 1. The molecule has 9 heteroatoms. The first-order chi connectivity index (χ1) is 14.9. The van der Waals surface area contributed by atoms with Crippen LogP contribution in [-0.2, 0) is 11.2 Å². The summed E-state index contributed by atoms with van der Waals surface area (Å²) in [7, 11) is 1.45. The largest absolute Gasteiger partial charge is 0.453 e. The Hall–Kier alpha value is -2.32. The summed E-state index contributed by atoms with van der Waals surface area (Å²) in [6.07, 6.45) is 3.38. The third kappa shape index (κ3) is 4.96. The normalized spacial score (nSPS) is 25.4. The van der Waals surface area contributed by atoms with Crippen LogP contribution in [0.2, 0.25) is 5.02 Å². The van der Waals surface area contributed by atoms with Crippen LogP contribution >= 0.6 is 11.6 Å². The van der Waals surface area contributed by atoms with E-state index in [4.69, 9.17) is 22.1 Å². The lowest BCUT2D eigenvalue weighted by Crippen LogP contribution is -2.63. The maximum atomic E-state index is 12.3. The van der Waals surface area contributed by atoms with Gasteiger partial charge in [-0.1, -0.05) is 23.7 Å². The van der Waals surface area contributed by atoms with Crippen molar-refractivity contribution in [2.24, 2.45) is 15.9 Å². The number of amides is 1. The maximum Gasteiger partial charge on any atom is 0.409 e. The molecule has 31 heavy (non-hydrogen) atoms. The number of halogens is 1. The molecule has 2 N–H and O–H groups in total. The number of rotatable bonds is 3. The molecule has 8 nitrogen and oxygen atoms in total. The average Bonchev–Trinajstić information content (AvgIpc) is 3.22. The first-order valence-electron chi connectivity index (χ1n) is 10.9. The van der Waals surface area contributed by atoms with Gasteiger partial charge in [-0.3, -0.25) is 4.90 Å². The molecule has 168 valence electrons. The van der Waals surface area contributed by atoms with Gasteiger partial charge in [0.05, 0.1) is 13.5 Å². The number of methoxy groups -OCH3 is 1. The van der Waals surface area contributed by atoms with Gasteiger partial charge in [0.1, 0.15) is 11.7 Å². The van der Waals surface area contributed by atoms with Crippen molar-refractivity contribution in [3.63, 3.8) is 0 Å². The lowest BCUT2D eigenvalue weighted by atomic mass is 9.94. The highest BCUT2D eigenvalue weighted by molar-refractivity contribution is 6.30. The number of nitrogens with zero attached hydrogens (tertiary/aromatic N) is 5. The van der Waals surface area contributed by atoms with Crippen molar-refractivity contribution in [2.45, 2.75) is 50.7 Å². The summed E-state index contributed by atoms with van der Waals surface area (Å²) in [4.78, 5) is 19.1. The molecule has 2 fully saturated rings. The zero-order chi connectivity index (χ0) is 22.0. The van der Waals surface area contributed by atoms with Crippen LogP contribution in [0.1, 0.15) is 31.7 Å². The van der Waals surface area contributed by atoms with E-state index in [2.05, 4.69) is 39.1 Å². The van der Waals surface area contributed by atoms with Gasteiger partial charge in [-0.05, 0) is 43.9 Å². The number of likely N-dealkylation sites (tertiary alicyclic amines) is 1. The summed E-state index contributed by atoms with van der Waals surface area (Å²) in [6.45, 7) is 5.50. The Morgan fingerprint density at radius 1 is 1.19 bits per heavy atom. The molecule has 0 bridgehead atoms. The molecule has 4 rings (SSSR count). The van der Waals surface area contributed by atoms with Gasteiger partial charge in [0, 0.05) is 49.3 Å². The van der Waals surface area contributed by atoms with Crippen LogP contribution in [0.25, 0.3) is 0 Å². The van der Waals surface area contributed by atoms with E-state index < -0.39 is 0 Å². The van der Waals surface area contributed by atoms with Crippen LogP contribution in [0.5, 0.6) is 0 Å². The van der Waals surface area contributed by atoms with Crippen LogP contribution in [0.3, 0.4) is 0 Å². The number of piperidine rings is 1. The standard InChI is InChI=1S/C22H31ClN6O2/c1-15-13-29(18-7-9-27(10-8-18)21-12-20(24)25-26-21)19(14-28(15)22(30)31-2)11-16-3-5-17(23)6-4-16/h3-6,15,18-19H,7-14H2,1-2H3,(H2,24,25)/t15-,19-/m0/s1. The summed E-state index contributed by atoms with van der Waals surface area (Å²) in [5, 5.41) is 8.95. The summed E-state index contributed by atoms with van der Waals surface area (Å²) in [5.41, 5.74) is 7.02. The quantitative estimate of drug-likeness (QED) is 0.771. The van der Waals surface area contributed by atoms with Gasteiger partial charge in [0.25, 0.3) is 0 Å². The van der Waals surface area contributed by atoms with Gasteiger partial charge in [0.15, 0.2) is 0 Å². The summed E-state index contributed by atoms with van der Waals surface area (Å²) in [5.74, 6) is 1.57. The van der Waals surface area contributed by atoms with Gasteiger partial charge < -0.3 is 20.3 Å². The van der Waals surface area contributed by atoms with Gasteiger partial charge >= 0.3 is 6.09 Å². The molecule has 0 radical (unpaired) electrons. The van der Waals surface area contributed by atoms with Crippen LogP contribution < -0.4 is 5.73 Å². The molecule has 1 aromatic carbocycles. The van der Waals surface area contributed by atoms with E-state index in [0.29, 0.717) is 24.8 Å². The topological polar surface area (TPSA) is 86.8 Å². The number of piperazine rings is 1. The molecule has 0 saturated carbocycles. The van der Waals surface area contributed by atoms with Crippen LogP contribution in [0.4, 0.5) is 4.79 Å². The van der Waals surface area contributed by atoms with E-state index in [9.17, 15) is 4.79 Å². The number of nitrogens with two attached hydrogens (primary N) is 1. The van der Waals surface area contributed by atoms with E-state index in [1.807, 2.05) is 17.0 Å². The molecule has 3 aliphatic heterocycles. The molecular weight excluding hydrogens is 416 g/mol. The van der Waals surface area contributed by atoms with Crippen molar-refractivity contribution in [2.75, 3.05) is 33.3 Å². The number of amidine groups is 2. The lowest BCUT2D eigenvalue weighted by Gasteiger charge is -2.50. The number of carbonyl (C=O) groups excluding carboxylic acids is 1. The molecule has 0 unspecified atom stereocenters. The summed E-state index contributed by atoms with van der Waals surface area (Å²) in [6, 6.07) is 8.82. The fourth-order valence-corrected chi connectivity index (χ4v) is 5.07. The lowest BCUT2D eigenvalue weighted by molar-refractivity contribution is -0.00374. The number of hydrogen-bond donors (Lipinski definition) is 1. The first-order valence-corrected chi connectivity index (χ1v) is 11.3. The Bertz CT molecular complexity index is 850. The van der Waals surface area contributed by atoms with Crippen molar-refractivity contribution in [1.82, 2.24) is 14.7 Å². The second-order valence-corrected chi connectivity index (χ2v) is 9.09. The zero-order valence-electron chi connectivity index (χ0n) is 18.2. The average molecular weight is 447 g/mol. The monoisotopic (exact) mass is 446 g/mol. The third-order valence-electron chi connectivity index (χ3n) is 6.61. The van der Waals surface area contributed by atoms with Crippen molar-refractivity contribution in [3.8, 4) is 0 Å². The Labute approximate surface area is 188 Å². The number of benzene rings is 1. The minimum Gasteiger partial charge on any atom is -0.453 e. The molecular formula is C22H31ClN6O2. The molecule has 1 amide bonds. The van der Waals surface area contributed by atoms with Crippen molar-refractivity contribution >= 4 is 29.4 Å². The highest BCUT2D eigenvalue weighted by atomic mass is 35.5. The zero-order valence-corrected chi connectivity index (χ0v) is 19.0. The van der Waals surface area contributed by atoms with Gasteiger partial charge in [0.2, 0.25) is 0 Å². The maximum absolute atomic E-state index is 12.3. The van der Waals surface area contributed by atoms with Crippen molar-refractivity contribution in [1.29, 1.82) is 0 Å². The van der Waals surface area contributed by atoms with Crippen molar-refractivity contribution in [3.05, 3.63) is 34.9 Å². The fraction of sp³-hybridized carbons (Fsp3) is 0.591. The van der Waals surface area contributed by atoms with E-state index in [-0.39, 0.29) is 18.2 Å². The van der Waals surface area contributed by atoms with Crippen LogP contribution in [0.15, 0.2) is 34.5 Å². The Morgan fingerprint density at radius 3 is 2.52 bits per heavy atom. The Morgan fingerprint density at radius 2 is 1.90 bits per heavy atom. The van der Waals surface area contributed by atoms with Gasteiger partial charge in [-0.2, -0.15) is 0 Å². The predicted molar refractivity (Wildman–Crippen MR) is 122 cm³/mol. The van der Waals surface area contributed by atoms with Crippen LogP contribution in [0, 0.1) is 0 Å². The highest BCUT2D eigenvalue weighted by Gasteiger charge is 2.39. The van der Waals surface area contributed by atoms with E-state index >= 15 is 0 Å². The molecule has 2 saturated heterocycles. The molecule has 0 spiro atoms. The SMILES string of the molecule is COC(=O)N1C[C@H](Cc2ccc(Cl)cc2)N(C2CCN(C3=NN=C(N)C3)CC2)C[C@@H]1C. The van der Waals surface area contributed by atoms with Crippen molar-refractivity contribution < 1.29 is 9.53 Å². The van der Waals surface area contributed by atoms with E-state index in [0.717, 1.165) is 49.8 Å². The number of hydrogen-bond acceptors (Lipinski definition) is 7. The van der Waals surface area contributed by atoms with Gasteiger partial charge in [-0.15, -0.1) is 10.2 Å². The molecule has 0 aliphatic carbocycles. The Balaban J connectivity index is 1.46. The van der Waals surface area contributed by atoms with E-state index in [1.165, 1.54) is 12.7 Å². The van der Waals surface area contributed by atoms with Crippen LogP contribution in [-0.4, -0.2) is 83.9 Å². The third-order valence-corrected chi connectivity index (χ3v) is 6.86. The second-order valence-electron chi connectivity index (χ2n) is 8.66.